The van der Waals surface area contributed by atoms with Crippen molar-refractivity contribution in [2.24, 2.45) is 10.7 Å². The third kappa shape index (κ3) is 5.20. The van der Waals surface area contributed by atoms with E-state index in [0.29, 0.717) is 23.7 Å². The second kappa shape index (κ2) is 10.8. The number of rotatable bonds is 9. The molecular formula is C25H24F2N4O2S. The Labute approximate surface area is 199 Å². The van der Waals surface area contributed by atoms with Crippen LogP contribution in [0.3, 0.4) is 0 Å². The van der Waals surface area contributed by atoms with E-state index < -0.39 is 22.6 Å². The topological polar surface area (TPSA) is 89.6 Å². The highest BCUT2D eigenvalue weighted by Crippen LogP contribution is 2.36. The highest BCUT2D eigenvalue weighted by molar-refractivity contribution is 7.86. The van der Waals surface area contributed by atoms with E-state index in [0.717, 1.165) is 34.4 Å². The minimum Gasteiger partial charge on any atom is -0.480 e. The van der Waals surface area contributed by atoms with Crippen LogP contribution in [0.15, 0.2) is 76.9 Å². The fourth-order valence-electron chi connectivity index (χ4n) is 3.33. The molecule has 0 spiro atoms. The fraction of sp³-hybridized carbons (Fsp3) is 0.120. The number of pyridine rings is 1. The smallest absolute Gasteiger partial charge is 0.238 e. The van der Waals surface area contributed by atoms with Crippen LogP contribution >= 0.6 is 0 Å². The molecule has 6 nitrogen and oxygen atoms in total. The number of allylic oxidation sites excluding steroid dienone is 2. The molecule has 176 valence electrons. The number of halogens is 2. The lowest BCUT2D eigenvalue weighted by atomic mass is 9.94. The predicted molar refractivity (Wildman–Crippen MR) is 133 cm³/mol. The van der Waals surface area contributed by atoms with Gasteiger partial charge in [0.2, 0.25) is 5.88 Å². The Bertz CT molecular complexity index is 1310. The van der Waals surface area contributed by atoms with Gasteiger partial charge in [0.15, 0.2) is 11.0 Å². The number of nitrogens with two attached hydrogens (primary N) is 1. The Hall–Kier alpha value is -3.85. The molecule has 0 saturated heterocycles. The van der Waals surface area contributed by atoms with Gasteiger partial charge in [0, 0.05) is 23.4 Å². The summed E-state index contributed by atoms with van der Waals surface area (Å²) in [5, 5.41) is 0. The summed E-state index contributed by atoms with van der Waals surface area (Å²) in [7, 11) is -0.617. The molecule has 1 aromatic heterocycles. The van der Waals surface area contributed by atoms with E-state index in [9.17, 15) is 13.0 Å². The molecule has 3 N–H and O–H groups in total. The second-order valence-corrected chi connectivity index (χ2v) is 8.32. The molecule has 0 bridgehead atoms. The predicted octanol–water partition coefficient (Wildman–Crippen LogP) is 5.77. The van der Waals surface area contributed by atoms with E-state index in [4.69, 9.17) is 10.5 Å². The van der Waals surface area contributed by atoms with Gasteiger partial charge < -0.3 is 10.5 Å². The maximum Gasteiger partial charge on any atom is 0.238 e. The molecule has 0 aliphatic carbocycles. The van der Waals surface area contributed by atoms with Crippen molar-refractivity contribution in [2.75, 3.05) is 11.8 Å². The number of aliphatic imine (C=N–C) groups is 1. The normalized spacial score (nSPS) is 12.2. The monoisotopic (exact) mass is 482 g/mol. The molecule has 1 unspecified atom stereocenters. The van der Waals surface area contributed by atoms with E-state index in [1.807, 2.05) is 19.1 Å². The number of methoxy groups -OCH3 is 1. The van der Waals surface area contributed by atoms with Crippen LogP contribution in [0, 0.1) is 11.6 Å². The first-order chi connectivity index (χ1) is 16.3. The highest BCUT2D eigenvalue weighted by Gasteiger charge is 2.16. The van der Waals surface area contributed by atoms with Crippen molar-refractivity contribution >= 4 is 34.7 Å². The molecule has 1 heterocycles. The minimum atomic E-state index is -2.03. The first-order valence-electron chi connectivity index (χ1n) is 10.2. The first kappa shape index (κ1) is 24.8. The third-order valence-corrected chi connectivity index (χ3v) is 6.27. The van der Waals surface area contributed by atoms with Crippen LogP contribution in [0.25, 0.3) is 16.7 Å². The molecule has 0 amide bonds. The number of nitrogens with one attached hydrogen (secondary N) is 1. The summed E-state index contributed by atoms with van der Waals surface area (Å²) in [6.07, 6.45) is 3.80. The Morgan fingerprint density at radius 2 is 2.00 bits per heavy atom. The van der Waals surface area contributed by atoms with E-state index >= 15 is 0 Å². The van der Waals surface area contributed by atoms with Crippen molar-refractivity contribution in [1.29, 1.82) is 0 Å². The van der Waals surface area contributed by atoms with Crippen LogP contribution < -0.4 is 15.2 Å². The summed E-state index contributed by atoms with van der Waals surface area (Å²) in [5.41, 5.74) is 10.5. The average Bonchev–Trinajstić information content (AvgIpc) is 2.84. The number of nitrogens with zero attached hydrogens (tertiary/aromatic N) is 2. The zero-order valence-corrected chi connectivity index (χ0v) is 19.6. The van der Waals surface area contributed by atoms with Crippen LogP contribution in [0.1, 0.15) is 18.9 Å². The molecular weight excluding hydrogens is 458 g/mol. The summed E-state index contributed by atoms with van der Waals surface area (Å²) in [6.45, 7) is 9.76. The van der Waals surface area contributed by atoms with Crippen molar-refractivity contribution in [1.82, 2.24) is 4.98 Å². The highest BCUT2D eigenvalue weighted by atomic mass is 32.2. The maximum absolute atomic E-state index is 14.1. The van der Waals surface area contributed by atoms with Gasteiger partial charge in [-0.2, -0.15) is 0 Å². The SMILES string of the molecule is C=Nc1ccc(-c2cnc(OC)c(NS(=O)c3ccc(F)cc3F)c2)cc1C(=C)/C(=C/N)CC. The Morgan fingerprint density at radius 3 is 2.62 bits per heavy atom. The van der Waals surface area contributed by atoms with Crippen LogP contribution in [0.2, 0.25) is 0 Å². The van der Waals surface area contributed by atoms with Crippen LogP contribution in [-0.2, 0) is 11.0 Å². The number of hydrogen-bond donors (Lipinski definition) is 2. The summed E-state index contributed by atoms with van der Waals surface area (Å²) in [6, 6.07) is 10.0. The summed E-state index contributed by atoms with van der Waals surface area (Å²) < 4.78 is 48.0. The van der Waals surface area contributed by atoms with Gasteiger partial charge in [0.1, 0.15) is 17.3 Å². The van der Waals surface area contributed by atoms with E-state index in [1.54, 1.807) is 18.3 Å². The molecule has 2 aromatic carbocycles. The van der Waals surface area contributed by atoms with Crippen LogP contribution in [0.5, 0.6) is 5.88 Å². The molecule has 0 aliphatic rings. The standard InChI is InChI=1S/C25H24F2N4O2S/c1-5-16(13-28)15(2)20-10-17(6-8-22(20)29-3)18-11-23(25(33-4)30-14-18)31-34(32)24-9-7-19(26)12-21(24)27/h6-14,31H,2-3,5,28H2,1,4H3/b16-13+. The third-order valence-electron chi connectivity index (χ3n) is 5.14. The first-order valence-corrected chi connectivity index (χ1v) is 11.4. The van der Waals surface area contributed by atoms with Gasteiger partial charge in [-0.15, -0.1) is 0 Å². The van der Waals surface area contributed by atoms with E-state index in [-0.39, 0.29) is 16.5 Å². The van der Waals surface area contributed by atoms with E-state index in [2.05, 4.69) is 28.0 Å². The van der Waals surface area contributed by atoms with E-state index in [1.165, 1.54) is 13.3 Å². The quantitative estimate of drug-likeness (QED) is 0.299. The van der Waals surface area contributed by atoms with Crippen molar-refractivity contribution in [3.05, 3.63) is 84.2 Å². The summed E-state index contributed by atoms with van der Waals surface area (Å²) in [5.74, 6) is -1.53. The molecule has 3 rings (SSSR count). The van der Waals surface area contributed by atoms with Crippen LogP contribution in [0.4, 0.5) is 20.2 Å². The number of aromatic nitrogens is 1. The molecule has 9 heteroatoms. The lowest BCUT2D eigenvalue weighted by Crippen LogP contribution is -2.09. The zero-order valence-electron chi connectivity index (χ0n) is 18.8. The molecule has 1 atom stereocenters. The second-order valence-electron chi connectivity index (χ2n) is 7.14. The van der Waals surface area contributed by atoms with Crippen molar-refractivity contribution in [3.63, 3.8) is 0 Å². The molecule has 3 aromatic rings. The van der Waals surface area contributed by atoms with Gasteiger partial charge in [0.05, 0.1) is 17.7 Å². The van der Waals surface area contributed by atoms with Crippen molar-refractivity contribution < 1.29 is 17.7 Å². The molecule has 0 saturated carbocycles. The van der Waals surface area contributed by atoms with Crippen LogP contribution in [-0.4, -0.2) is 23.0 Å². The Kier molecular flexibility index (Phi) is 7.91. The summed E-state index contributed by atoms with van der Waals surface area (Å²) in [4.78, 5) is 8.16. The van der Waals surface area contributed by atoms with Gasteiger partial charge in [-0.05, 0) is 66.4 Å². The van der Waals surface area contributed by atoms with Gasteiger partial charge in [0.25, 0.3) is 0 Å². The Morgan fingerprint density at radius 1 is 1.24 bits per heavy atom. The number of ether oxygens (including phenoxy) is 1. The van der Waals surface area contributed by atoms with Crippen molar-refractivity contribution in [3.8, 4) is 17.0 Å². The Balaban J connectivity index is 2.02. The van der Waals surface area contributed by atoms with Gasteiger partial charge in [-0.1, -0.05) is 19.6 Å². The number of hydrogen-bond acceptors (Lipinski definition) is 5. The molecule has 0 radical (unpaired) electrons. The number of benzene rings is 2. The minimum absolute atomic E-state index is 0.160. The molecule has 0 fully saturated rings. The molecule has 0 aliphatic heterocycles. The lowest BCUT2D eigenvalue weighted by molar-refractivity contribution is 0.400. The van der Waals surface area contributed by atoms with Crippen molar-refractivity contribution in [2.45, 2.75) is 18.2 Å². The van der Waals surface area contributed by atoms with Gasteiger partial charge in [-0.3, -0.25) is 9.71 Å². The fourth-order valence-corrected chi connectivity index (χ4v) is 4.21. The van der Waals surface area contributed by atoms with Gasteiger partial charge in [-0.25, -0.2) is 18.0 Å². The lowest BCUT2D eigenvalue weighted by Gasteiger charge is -2.15. The molecule has 34 heavy (non-hydrogen) atoms. The maximum atomic E-state index is 14.1. The van der Waals surface area contributed by atoms with Gasteiger partial charge >= 0.3 is 0 Å². The largest absolute Gasteiger partial charge is 0.480 e. The zero-order chi connectivity index (χ0) is 24.8. The number of anilines is 1. The average molecular weight is 483 g/mol. The summed E-state index contributed by atoms with van der Waals surface area (Å²) >= 11 is 0.